The highest BCUT2D eigenvalue weighted by atomic mass is 32.1. The van der Waals surface area contributed by atoms with Gasteiger partial charge in [0.2, 0.25) is 5.91 Å². The molecule has 0 unspecified atom stereocenters. The fourth-order valence-corrected chi connectivity index (χ4v) is 1.33. The number of nitrogens with two attached hydrogens (primary N) is 1. The number of carbonyl (C=O) groups excluding carboxylic acids is 2. The number of thiocarbonyl (C=S) groups is 1. The van der Waals surface area contributed by atoms with Crippen LogP contribution in [-0.2, 0) is 14.3 Å². The van der Waals surface area contributed by atoms with E-state index in [0.717, 1.165) is 6.42 Å². The smallest absolute Gasteiger partial charge is 0.325 e. The van der Waals surface area contributed by atoms with E-state index >= 15 is 0 Å². The highest BCUT2D eigenvalue weighted by Gasteiger charge is 2.35. The van der Waals surface area contributed by atoms with Crippen LogP contribution in [0.3, 0.4) is 0 Å². The van der Waals surface area contributed by atoms with Crippen LogP contribution in [0.5, 0.6) is 0 Å². The Morgan fingerprint density at radius 2 is 1.94 bits per heavy atom. The maximum Gasteiger partial charge on any atom is 0.325 e. The summed E-state index contributed by atoms with van der Waals surface area (Å²) in [6.07, 6.45) is 0.746. The van der Waals surface area contributed by atoms with Gasteiger partial charge in [0, 0.05) is 6.54 Å². The molecule has 0 spiro atoms. The van der Waals surface area contributed by atoms with Gasteiger partial charge in [-0.15, -0.1) is 0 Å². The first-order valence-corrected chi connectivity index (χ1v) is 5.84. The van der Waals surface area contributed by atoms with Crippen LogP contribution in [-0.4, -0.2) is 42.0 Å². The lowest BCUT2D eigenvalue weighted by Crippen LogP contribution is -2.49. The number of hydrogen-bond acceptors (Lipinski definition) is 4. The van der Waals surface area contributed by atoms with Crippen LogP contribution in [0.15, 0.2) is 0 Å². The molecule has 0 aromatic rings. The summed E-state index contributed by atoms with van der Waals surface area (Å²) < 4.78 is 4.55. The predicted octanol–water partition coefficient (Wildman–Crippen LogP) is 0.710. The van der Waals surface area contributed by atoms with Gasteiger partial charge >= 0.3 is 5.97 Å². The molecule has 0 rings (SSSR count). The Bertz CT molecular complexity index is 316. The number of ether oxygens (including phenoxy) is 1. The number of hydrogen-bond donors (Lipinski definition) is 1. The molecular weight excluding hydrogens is 240 g/mol. The van der Waals surface area contributed by atoms with Gasteiger partial charge in [0.15, 0.2) is 0 Å². The fourth-order valence-electron chi connectivity index (χ4n) is 1.24. The van der Waals surface area contributed by atoms with Crippen molar-refractivity contribution in [3.8, 4) is 0 Å². The summed E-state index contributed by atoms with van der Waals surface area (Å²) in [6.45, 7) is 5.62. The first-order valence-electron chi connectivity index (χ1n) is 5.43. The van der Waals surface area contributed by atoms with Crippen molar-refractivity contribution in [1.29, 1.82) is 0 Å². The third kappa shape index (κ3) is 4.30. The van der Waals surface area contributed by atoms with Gasteiger partial charge in [-0.3, -0.25) is 9.59 Å². The number of nitrogens with zero attached hydrogens (tertiary/aromatic N) is 1. The second-order valence-electron chi connectivity index (χ2n) is 4.29. The molecule has 0 aromatic carbocycles. The van der Waals surface area contributed by atoms with Crippen LogP contribution >= 0.6 is 12.2 Å². The van der Waals surface area contributed by atoms with E-state index in [1.807, 2.05) is 6.92 Å². The fraction of sp³-hybridized carbons (Fsp3) is 0.727. The van der Waals surface area contributed by atoms with E-state index in [1.165, 1.54) is 12.0 Å². The molecule has 0 aliphatic rings. The van der Waals surface area contributed by atoms with Crippen LogP contribution < -0.4 is 5.73 Å². The van der Waals surface area contributed by atoms with E-state index in [4.69, 9.17) is 18.0 Å². The second-order valence-corrected chi connectivity index (χ2v) is 4.73. The van der Waals surface area contributed by atoms with E-state index in [9.17, 15) is 9.59 Å². The minimum atomic E-state index is -0.946. The minimum absolute atomic E-state index is 0.0742. The summed E-state index contributed by atoms with van der Waals surface area (Å²) in [4.78, 5) is 25.0. The van der Waals surface area contributed by atoms with Gasteiger partial charge in [0.1, 0.15) is 6.54 Å². The SMILES string of the molecule is CCCN(CC(=O)OC)C(=O)C(C)(C)C(N)=S. The first kappa shape index (κ1) is 15.8. The third-order valence-electron chi connectivity index (χ3n) is 2.48. The first-order chi connectivity index (χ1) is 7.77. The molecule has 98 valence electrons. The molecule has 0 atom stereocenters. The van der Waals surface area contributed by atoms with Crippen LogP contribution in [0.4, 0.5) is 0 Å². The lowest BCUT2D eigenvalue weighted by molar-refractivity contribution is -0.149. The maximum absolute atomic E-state index is 12.2. The topological polar surface area (TPSA) is 72.6 Å². The quantitative estimate of drug-likeness (QED) is 0.562. The average molecular weight is 260 g/mol. The Balaban J connectivity index is 4.88. The van der Waals surface area contributed by atoms with Crippen molar-refractivity contribution in [3.05, 3.63) is 0 Å². The van der Waals surface area contributed by atoms with Crippen molar-refractivity contribution >= 4 is 29.1 Å². The standard InChI is InChI=1S/C11H20N2O3S/c1-5-6-13(7-8(14)16-4)10(15)11(2,3)9(12)17/h5-7H2,1-4H3,(H2,12,17). The molecule has 1 amide bonds. The Labute approximate surface area is 107 Å². The summed E-state index contributed by atoms with van der Waals surface area (Å²) in [5, 5.41) is 0. The molecule has 0 aromatic heterocycles. The van der Waals surface area contributed by atoms with E-state index in [2.05, 4.69) is 4.74 Å². The molecular formula is C11H20N2O3S. The molecule has 6 heteroatoms. The molecule has 0 aliphatic heterocycles. The summed E-state index contributed by atoms with van der Waals surface area (Å²) in [7, 11) is 1.29. The molecule has 0 fully saturated rings. The van der Waals surface area contributed by atoms with Crippen LogP contribution in [0.1, 0.15) is 27.2 Å². The van der Waals surface area contributed by atoms with E-state index in [0.29, 0.717) is 6.54 Å². The zero-order chi connectivity index (χ0) is 13.6. The Morgan fingerprint density at radius 1 is 1.41 bits per heavy atom. The largest absolute Gasteiger partial charge is 0.468 e. The molecule has 0 radical (unpaired) electrons. The van der Waals surface area contributed by atoms with Gasteiger partial charge in [-0.05, 0) is 20.3 Å². The van der Waals surface area contributed by atoms with Gasteiger partial charge in [-0.25, -0.2) is 0 Å². The lowest BCUT2D eigenvalue weighted by atomic mass is 9.91. The highest BCUT2D eigenvalue weighted by Crippen LogP contribution is 2.19. The Morgan fingerprint density at radius 3 is 2.29 bits per heavy atom. The van der Waals surface area contributed by atoms with Crippen LogP contribution in [0.25, 0.3) is 0 Å². The lowest BCUT2D eigenvalue weighted by Gasteiger charge is -2.30. The summed E-state index contributed by atoms with van der Waals surface area (Å²) in [6, 6.07) is 0. The van der Waals surface area contributed by atoms with Crippen molar-refractivity contribution in [2.75, 3.05) is 20.2 Å². The minimum Gasteiger partial charge on any atom is -0.468 e. The number of rotatable bonds is 6. The zero-order valence-corrected chi connectivity index (χ0v) is 11.6. The molecule has 0 saturated carbocycles. The molecule has 0 saturated heterocycles. The van der Waals surface area contributed by atoms with Crippen molar-refractivity contribution in [3.63, 3.8) is 0 Å². The molecule has 0 aliphatic carbocycles. The van der Waals surface area contributed by atoms with Gasteiger partial charge in [0.25, 0.3) is 0 Å². The van der Waals surface area contributed by atoms with E-state index in [1.54, 1.807) is 13.8 Å². The van der Waals surface area contributed by atoms with Crippen molar-refractivity contribution in [2.24, 2.45) is 11.1 Å². The Hall–Kier alpha value is -1.17. The van der Waals surface area contributed by atoms with Gasteiger partial charge in [0.05, 0.1) is 17.5 Å². The van der Waals surface area contributed by atoms with Crippen LogP contribution in [0.2, 0.25) is 0 Å². The molecule has 17 heavy (non-hydrogen) atoms. The van der Waals surface area contributed by atoms with E-state index < -0.39 is 11.4 Å². The summed E-state index contributed by atoms with van der Waals surface area (Å²) in [5.41, 5.74) is 4.59. The van der Waals surface area contributed by atoms with Gasteiger partial charge in [-0.2, -0.15) is 0 Å². The molecule has 0 heterocycles. The number of esters is 1. The monoisotopic (exact) mass is 260 g/mol. The second kappa shape index (κ2) is 6.54. The summed E-state index contributed by atoms with van der Waals surface area (Å²) >= 11 is 4.87. The van der Waals surface area contributed by atoms with Crippen molar-refractivity contribution in [1.82, 2.24) is 4.90 Å². The van der Waals surface area contributed by atoms with Crippen LogP contribution in [0, 0.1) is 5.41 Å². The van der Waals surface area contributed by atoms with Crippen molar-refractivity contribution < 1.29 is 14.3 Å². The van der Waals surface area contributed by atoms with Gasteiger partial charge < -0.3 is 15.4 Å². The zero-order valence-electron chi connectivity index (χ0n) is 10.8. The molecule has 5 nitrogen and oxygen atoms in total. The normalized spacial score (nSPS) is 10.8. The predicted molar refractivity (Wildman–Crippen MR) is 69.5 cm³/mol. The van der Waals surface area contributed by atoms with Gasteiger partial charge in [-0.1, -0.05) is 19.1 Å². The van der Waals surface area contributed by atoms with Crippen molar-refractivity contribution in [2.45, 2.75) is 27.2 Å². The maximum atomic E-state index is 12.2. The molecule has 0 bridgehead atoms. The third-order valence-corrected chi connectivity index (χ3v) is 2.99. The molecule has 2 N–H and O–H groups in total. The number of methoxy groups -OCH3 is 1. The average Bonchev–Trinajstić information content (AvgIpc) is 2.26. The number of carbonyl (C=O) groups is 2. The highest BCUT2D eigenvalue weighted by molar-refractivity contribution is 7.80. The number of amides is 1. The van der Waals surface area contributed by atoms with E-state index in [-0.39, 0.29) is 17.4 Å². The Kier molecular flexibility index (Phi) is 6.09. The summed E-state index contributed by atoms with van der Waals surface area (Å²) in [5.74, 6) is -0.706.